The van der Waals surface area contributed by atoms with Crippen LogP contribution in [0.5, 0.6) is 0 Å². The Labute approximate surface area is 261 Å². The van der Waals surface area contributed by atoms with Gasteiger partial charge >= 0.3 is 0 Å². The number of carbonyl (C=O) groups is 1. The minimum absolute atomic E-state index is 0. The molecule has 0 aromatic carbocycles. The van der Waals surface area contributed by atoms with E-state index in [1.807, 2.05) is 64.1 Å². The number of aliphatic imine (C=N–C) groups is 4. The second-order valence-corrected chi connectivity index (χ2v) is 8.52. The van der Waals surface area contributed by atoms with Gasteiger partial charge < -0.3 is 20.1 Å². The van der Waals surface area contributed by atoms with Gasteiger partial charge in [0.05, 0.1) is 45.6 Å². The quantitative estimate of drug-likeness (QED) is 0.338. The number of carboxylic acids is 1. The van der Waals surface area contributed by atoms with Crippen molar-refractivity contribution < 1.29 is 41.6 Å². The van der Waals surface area contributed by atoms with Gasteiger partial charge in [-0.15, -0.1) is 0 Å². The number of pyridine rings is 2. The van der Waals surface area contributed by atoms with E-state index in [0.29, 0.717) is 0 Å². The van der Waals surface area contributed by atoms with Crippen LogP contribution in [0.4, 0.5) is 0 Å². The maximum absolute atomic E-state index is 9.00. The fraction of sp³-hybridized carbons (Fsp3) is 0.500. The number of aliphatic carboxylic acids is 1. The Bertz CT molecular complexity index is 990. The number of aliphatic hydroxyl groups excluding tert-OH is 1. The van der Waals surface area contributed by atoms with E-state index in [0.717, 1.165) is 65.8 Å². The van der Waals surface area contributed by atoms with Crippen molar-refractivity contribution in [2.45, 2.75) is 60.7 Å². The third kappa shape index (κ3) is 22.5. The second kappa shape index (κ2) is 26.7. The number of hydrogen-bond donors (Lipinski definition) is 3. The van der Waals surface area contributed by atoms with Gasteiger partial charge in [-0.3, -0.25) is 24.8 Å². The Morgan fingerprint density at radius 2 is 0.905 bits per heavy atom. The van der Waals surface area contributed by atoms with Gasteiger partial charge in [-0.05, 0) is 71.7 Å². The number of rotatable bonds is 4. The molecule has 1 radical (unpaired) electrons. The monoisotopic (exact) mass is 631 g/mol. The molecule has 2 aromatic rings. The number of hydrogen-bond acceptors (Lipinski definition) is 10. The second-order valence-electron chi connectivity index (χ2n) is 8.52. The standard InChI is InChI=1S/2C11H15N3.C4H8O.C2H6O2.C2H4O2.Co/c2*1-8(12-3)10-6-5-7-11(14-10)9(2)13-4;1-2-4-5-3-1;2*1-2(3)4;/h2*5-7H,1-4H3;1-4H2;2-4H,1H3;1H3,(H,3,4);. The third-order valence-electron chi connectivity index (χ3n) is 5.15. The average Bonchev–Trinajstić information content (AvgIpc) is 3.56. The van der Waals surface area contributed by atoms with Crippen molar-refractivity contribution in [2.75, 3.05) is 41.4 Å². The zero-order chi connectivity index (χ0) is 31.8. The first-order valence-corrected chi connectivity index (χ1v) is 13.2. The van der Waals surface area contributed by atoms with Crippen molar-refractivity contribution in [1.29, 1.82) is 0 Å². The zero-order valence-electron chi connectivity index (χ0n) is 26.5. The van der Waals surface area contributed by atoms with Gasteiger partial charge in [-0.2, -0.15) is 0 Å². The van der Waals surface area contributed by atoms with Gasteiger partial charge in [0.1, 0.15) is 6.29 Å². The summed E-state index contributed by atoms with van der Waals surface area (Å²) in [5.74, 6) is -0.833. The summed E-state index contributed by atoms with van der Waals surface area (Å²) < 4.78 is 4.94. The number of carboxylic acid groups (broad SMARTS) is 1. The van der Waals surface area contributed by atoms with Crippen molar-refractivity contribution >= 4 is 28.8 Å². The van der Waals surface area contributed by atoms with E-state index in [9.17, 15) is 0 Å². The number of nitrogens with zero attached hydrogens (tertiary/aromatic N) is 6. The van der Waals surface area contributed by atoms with Crippen LogP contribution in [0, 0.1) is 0 Å². The van der Waals surface area contributed by atoms with Crippen molar-refractivity contribution in [3.63, 3.8) is 0 Å². The largest absolute Gasteiger partial charge is 0.481 e. The molecule has 3 N–H and O–H groups in total. The Hall–Kier alpha value is -3.16. The van der Waals surface area contributed by atoms with Gasteiger partial charge in [0.15, 0.2) is 0 Å². The molecular formula is C30H48CoN6O5. The van der Waals surface area contributed by atoms with Crippen LogP contribution >= 0.6 is 0 Å². The fourth-order valence-electron chi connectivity index (χ4n) is 2.64. The Morgan fingerprint density at radius 1 is 0.690 bits per heavy atom. The first kappa shape index (κ1) is 43.3. The van der Waals surface area contributed by atoms with Crippen LogP contribution in [0.1, 0.15) is 77.2 Å². The van der Waals surface area contributed by atoms with Gasteiger partial charge in [0, 0.05) is 65.1 Å². The van der Waals surface area contributed by atoms with Crippen molar-refractivity contribution in [3.05, 3.63) is 59.2 Å². The van der Waals surface area contributed by atoms with E-state index in [-0.39, 0.29) is 16.8 Å². The van der Waals surface area contributed by atoms with Crippen LogP contribution in [0.25, 0.3) is 0 Å². The van der Waals surface area contributed by atoms with Gasteiger partial charge in [-0.25, -0.2) is 9.97 Å². The van der Waals surface area contributed by atoms with Crippen LogP contribution in [0.2, 0.25) is 0 Å². The number of aromatic nitrogens is 2. The van der Waals surface area contributed by atoms with Crippen LogP contribution in [-0.2, 0) is 26.3 Å². The molecule has 3 rings (SSSR count). The molecule has 0 atom stereocenters. The summed E-state index contributed by atoms with van der Waals surface area (Å²) in [7, 11) is 7.07. The predicted octanol–water partition coefficient (Wildman–Crippen LogP) is 4.12. The van der Waals surface area contributed by atoms with Crippen LogP contribution in [-0.4, -0.2) is 102 Å². The molecule has 1 saturated heterocycles. The van der Waals surface area contributed by atoms with E-state index in [1.54, 1.807) is 28.2 Å². The minimum Gasteiger partial charge on any atom is -0.481 e. The molecule has 42 heavy (non-hydrogen) atoms. The van der Waals surface area contributed by atoms with Crippen LogP contribution in [0.15, 0.2) is 56.4 Å². The maximum Gasteiger partial charge on any atom is 0.300 e. The summed E-state index contributed by atoms with van der Waals surface area (Å²) in [5.41, 5.74) is 7.40. The molecule has 0 amide bonds. The average molecular weight is 632 g/mol. The summed E-state index contributed by atoms with van der Waals surface area (Å²) >= 11 is 0. The normalized spacial score (nSPS) is 13.1. The molecule has 3 heterocycles. The van der Waals surface area contributed by atoms with E-state index in [2.05, 4.69) is 29.9 Å². The van der Waals surface area contributed by atoms with Gasteiger partial charge in [0.2, 0.25) is 0 Å². The topological polar surface area (TPSA) is 162 Å². The molecule has 0 unspecified atom stereocenters. The predicted molar refractivity (Wildman–Crippen MR) is 168 cm³/mol. The minimum atomic E-state index is -1.17. The fourth-order valence-corrected chi connectivity index (χ4v) is 2.64. The van der Waals surface area contributed by atoms with Gasteiger partial charge in [-0.1, -0.05) is 12.1 Å². The molecule has 2 aromatic heterocycles. The van der Waals surface area contributed by atoms with Crippen molar-refractivity contribution in [3.8, 4) is 0 Å². The smallest absolute Gasteiger partial charge is 0.300 e. The molecule has 0 spiro atoms. The molecule has 237 valence electrons. The first-order valence-electron chi connectivity index (χ1n) is 13.2. The molecule has 0 saturated carbocycles. The molecular weight excluding hydrogens is 583 g/mol. The summed E-state index contributed by atoms with van der Waals surface area (Å²) in [4.78, 5) is 34.3. The van der Waals surface area contributed by atoms with E-state index in [1.165, 1.54) is 19.8 Å². The molecule has 1 aliphatic heterocycles. The van der Waals surface area contributed by atoms with Crippen molar-refractivity contribution in [1.82, 2.24) is 9.97 Å². The summed E-state index contributed by atoms with van der Waals surface area (Å²) in [6.45, 7) is 12.2. The molecule has 1 aliphatic rings. The van der Waals surface area contributed by atoms with Crippen LogP contribution < -0.4 is 0 Å². The Morgan fingerprint density at radius 3 is 1.05 bits per heavy atom. The molecule has 0 aliphatic carbocycles. The summed E-state index contributed by atoms with van der Waals surface area (Å²) in [5, 5.41) is 22.6. The van der Waals surface area contributed by atoms with Gasteiger partial charge in [0.25, 0.3) is 5.97 Å². The molecule has 11 nitrogen and oxygen atoms in total. The summed E-state index contributed by atoms with van der Waals surface area (Å²) in [6.07, 6.45) is 1.39. The zero-order valence-corrected chi connectivity index (χ0v) is 27.6. The molecule has 12 heteroatoms. The number of ether oxygens (including phenoxy) is 1. The first-order chi connectivity index (χ1) is 19.3. The van der Waals surface area contributed by atoms with E-state index >= 15 is 0 Å². The number of aliphatic hydroxyl groups is 2. The molecule has 0 bridgehead atoms. The van der Waals surface area contributed by atoms with E-state index in [4.69, 9.17) is 24.9 Å². The maximum atomic E-state index is 9.00. The SMILES string of the molecule is C1CCOC1.CC(=O)O.CC(O)O.CN=C(C)c1cccc(C(C)=NC)n1.CN=C(C)c1cccc(C(C)=NC)n1.[Co]. The summed E-state index contributed by atoms with van der Waals surface area (Å²) in [6, 6.07) is 11.8. The van der Waals surface area contributed by atoms with Crippen molar-refractivity contribution in [2.24, 2.45) is 20.0 Å². The molecule has 1 fully saturated rings. The Kier molecular flexibility index (Phi) is 27.5. The third-order valence-corrected chi connectivity index (χ3v) is 5.15. The van der Waals surface area contributed by atoms with Crippen LogP contribution in [0.3, 0.4) is 0 Å². The Balaban J connectivity index is -0.000000504. The van der Waals surface area contributed by atoms with E-state index < -0.39 is 12.3 Å².